The second kappa shape index (κ2) is 8.14. The number of nitrogens with zero attached hydrogens (tertiary/aromatic N) is 1. The van der Waals surface area contributed by atoms with E-state index >= 15 is 0 Å². The average Bonchev–Trinajstić information content (AvgIpc) is 3.41. The van der Waals surface area contributed by atoms with Crippen molar-refractivity contribution in [1.82, 2.24) is 5.32 Å². The summed E-state index contributed by atoms with van der Waals surface area (Å²) in [7, 11) is 1.38. The lowest BCUT2D eigenvalue weighted by Gasteiger charge is -2.28. The summed E-state index contributed by atoms with van der Waals surface area (Å²) in [6.07, 6.45) is 2.82. The van der Waals surface area contributed by atoms with Crippen molar-refractivity contribution >= 4 is 11.7 Å². The number of allylic oxidation sites excluding steroid dienone is 1. The van der Waals surface area contributed by atoms with Gasteiger partial charge in [-0.2, -0.15) is 0 Å². The molecule has 1 aromatic rings. The molecular formula is C19H26N2O4. The molecule has 1 aliphatic rings. The lowest BCUT2D eigenvalue weighted by Crippen LogP contribution is -2.29. The average molecular weight is 346 g/mol. The third-order valence-corrected chi connectivity index (χ3v) is 3.78. The fraction of sp³-hybridized carbons (Fsp3) is 0.526. The molecular weight excluding hydrogens is 320 g/mol. The summed E-state index contributed by atoms with van der Waals surface area (Å²) in [5.74, 6) is 0.501. The van der Waals surface area contributed by atoms with Gasteiger partial charge in [0.15, 0.2) is 5.88 Å². The normalized spacial score (nSPS) is 14.5. The molecule has 25 heavy (non-hydrogen) atoms. The lowest BCUT2D eigenvalue weighted by atomic mass is 10.0. The van der Waals surface area contributed by atoms with Crippen LogP contribution in [0.2, 0.25) is 0 Å². The molecule has 1 N–H and O–H groups in total. The van der Waals surface area contributed by atoms with Crippen molar-refractivity contribution in [2.24, 2.45) is 5.18 Å². The van der Waals surface area contributed by atoms with Crippen molar-refractivity contribution in [2.45, 2.75) is 58.1 Å². The summed E-state index contributed by atoms with van der Waals surface area (Å²) in [5, 5.41) is 6.42. The maximum absolute atomic E-state index is 11.6. The molecule has 1 unspecified atom stereocenters. The first kappa shape index (κ1) is 19.0. The minimum absolute atomic E-state index is 0.175. The Hall–Kier alpha value is -2.37. The monoisotopic (exact) mass is 346 g/mol. The van der Waals surface area contributed by atoms with E-state index in [0.29, 0.717) is 12.1 Å². The number of carbonyl (C=O) groups excluding carboxylic acids is 1. The van der Waals surface area contributed by atoms with E-state index in [1.54, 1.807) is 18.2 Å². The molecule has 1 aliphatic carbocycles. The standard InChI is InChI=1S/C19H26N2O4/c1-19(2,3)25-18(13-8-9-13)20-16(10-11-17(22)24-4)14-6-5-7-15(12-14)21-23/h5-7,12,16,20H,8-11H2,1-4H3. The smallest absolute Gasteiger partial charge is 0.305 e. The molecule has 1 aromatic carbocycles. The molecule has 1 fully saturated rings. The molecule has 0 heterocycles. The minimum atomic E-state index is -0.322. The van der Waals surface area contributed by atoms with Crippen LogP contribution in [0.3, 0.4) is 0 Å². The first-order valence-corrected chi connectivity index (χ1v) is 8.50. The maximum Gasteiger partial charge on any atom is 0.305 e. The highest BCUT2D eigenvalue weighted by Crippen LogP contribution is 2.35. The Morgan fingerprint density at radius 3 is 2.60 bits per heavy atom. The van der Waals surface area contributed by atoms with Crippen molar-refractivity contribution in [1.29, 1.82) is 0 Å². The minimum Gasteiger partial charge on any atom is -0.474 e. The van der Waals surface area contributed by atoms with Crippen LogP contribution in [0, 0.1) is 4.91 Å². The number of methoxy groups -OCH3 is 1. The van der Waals surface area contributed by atoms with E-state index < -0.39 is 0 Å². The molecule has 1 saturated carbocycles. The van der Waals surface area contributed by atoms with E-state index in [0.717, 1.165) is 24.3 Å². The van der Waals surface area contributed by atoms with Gasteiger partial charge in [-0.15, -0.1) is 4.91 Å². The topological polar surface area (TPSA) is 77.0 Å². The molecule has 0 amide bonds. The van der Waals surface area contributed by atoms with E-state index in [-0.39, 0.29) is 24.0 Å². The van der Waals surface area contributed by atoms with E-state index in [2.05, 4.69) is 10.5 Å². The third-order valence-electron chi connectivity index (χ3n) is 3.78. The summed E-state index contributed by atoms with van der Waals surface area (Å²) in [6.45, 7) is 5.99. The predicted octanol–water partition coefficient (Wildman–Crippen LogP) is 4.49. The van der Waals surface area contributed by atoms with Gasteiger partial charge in [0.2, 0.25) is 0 Å². The number of ether oxygens (including phenoxy) is 2. The van der Waals surface area contributed by atoms with Crippen LogP contribution in [0.15, 0.2) is 40.9 Å². The molecule has 0 bridgehead atoms. The number of nitrogens with one attached hydrogen (secondary N) is 1. The van der Waals surface area contributed by atoms with Crippen LogP contribution < -0.4 is 5.32 Å². The van der Waals surface area contributed by atoms with Crippen molar-refractivity contribution in [3.63, 3.8) is 0 Å². The summed E-state index contributed by atoms with van der Waals surface area (Å²) in [5.41, 5.74) is 2.16. The Kier molecular flexibility index (Phi) is 6.17. The predicted molar refractivity (Wildman–Crippen MR) is 96.1 cm³/mol. The van der Waals surface area contributed by atoms with Gasteiger partial charge in [0, 0.05) is 6.42 Å². The molecule has 6 heteroatoms. The number of carbonyl (C=O) groups is 1. The summed E-state index contributed by atoms with van der Waals surface area (Å²) >= 11 is 0. The first-order valence-electron chi connectivity index (χ1n) is 8.50. The SMILES string of the molecule is COC(=O)CCC(NC(OC(C)(C)C)=C1CC1)c1cccc(N=O)c1. The van der Waals surface area contributed by atoms with Crippen molar-refractivity contribution in [3.05, 3.63) is 46.2 Å². The number of rotatable bonds is 8. The fourth-order valence-corrected chi connectivity index (χ4v) is 2.44. The second-order valence-corrected chi connectivity index (χ2v) is 7.15. The highest BCUT2D eigenvalue weighted by atomic mass is 16.5. The van der Waals surface area contributed by atoms with Crippen LogP contribution in [-0.2, 0) is 14.3 Å². The van der Waals surface area contributed by atoms with Gasteiger partial charge >= 0.3 is 5.97 Å². The van der Waals surface area contributed by atoms with Crippen LogP contribution in [0.5, 0.6) is 0 Å². The Morgan fingerprint density at radius 1 is 1.32 bits per heavy atom. The van der Waals surface area contributed by atoms with Gasteiger partial charge in [-0.3, -0.25) is 4.79 Å². The van der Waals surface area contributed by atoms with E-state index in [9.17, 15) is 9.70 Å². The van der Waals surface area contributed by atoms with Crippen LogP contribution in [0.25, 0.3) is 0 Å². The number of esters is 1. The summed E-state index contributed by atoms with van der Waals surface area (Å²) in [4.78, 5) is 22.4. The fourth-order valence-electron chi connectivity index (χ4n) is 2.44. The van der Waals surface area contributed by atoms with E-state index in [1.165, 1.54) is 12.7 Å². The zero-order valence-electron chi connectivity index (χ0n) is 15.3. The van der Waals surface area contributed by atoms with Crippen LogP contribution in [0.4, 0.5) is 5.69 Å². The maximum atomic E-state index is 11.6. The Balaban J connectivity index is 2.22. The molecule has 1 atom stereocenters. The quantitative estimate of drug-likeness (QED) is 0.426. The van der Waals surface area contributed by atoms with Gasteiger partial charge in [0.1, 0.15) is 11.3 Å². The Bertz CT molecular complexity index is 656. The van der Waals surface area contributed by atoms with E-state index in [1.807, 2.05) is 26.8 Å². The van der Waals surface area contributed by atoms with E-state index in [4.69, 9.17) is 9.47 Å². The number of benzene rings is 1. The van der Waals surface area contributed by atoms with Gasteiger partial charge in [-0.1, -0.05) is 12.1 Å². The molecule has 0 spiro atoms. The summed E-state index contributed by atoms with van der Waals surface area (Å²) < 4.78 is 10.8. The largest absolute Gasteiger partial charge is 0.474 e. The molecule has 0 saturated heterocycles. The number of hydrogen-bond acceptors (Lipinski definition) is 6. The second-order valence-electron chi connectivity index (χ2n) is 7.15. The van der Waals surface area contributed by atoms with Gasteiger partial charge in [0.25, 0.3) is 0 Å². The summed E-state index contributed by atoms with van der Waals surface area (Å²) in [6, 6.07) is 6.91. The molecule has 0 radical (unpaired) electrons. The van der Waals surface area contributed by atoms with Crippen LogP contribution in [0.1, 0.15) is 58.1 Å². The number of hydrogen-bond donors (Lipinski definition) is 1. The highest BCUT2D eigenvalue weighted by molar-refractivity contribution is 5.69. The molecule has 136 valence electrons. The molecule has 2 rings (SSSR count). The van der Waals surface area contributed by atoms with Crippen molar-refractivity contribution in [2.75, 3.05) is 7.11 Å². The zero-order valence-corrected chi connectivity index (χ0v) is 15.3. The first-order chi connectivity index (χ1) is 11.8. The number of nitroso groups, excluding NO2 is 1. The third kappa shape index (κ3) is 6.21. The van der Waals surface area contributed by atoms with Gasteiger partial charge < -0.3 is 14.8 Å². The van der Waals surface area contributed by atoms with Crippen LogP contribution >= 0.6 is 0 Å². The van der Waals surface area contributed by atoms with Gasteiger partial charge in [-0.25, -0.2) is 0 Å². The molecule has 6 nitrogen and oxygen atoms in total. The lowest BCUT2D eigenvalue weighted by molar-refractivity contribution is -0.140. The Morgan fingerprint density at radius 2 is 2.04 bits per heavy atom. The zero-order chi connectivity index (χ0) is 18.4. The Labute approximate surface area is 148 Å². The highest BCUT2D eigenvalue weighted by Gasteiger charge is 2.26. The van der Waals surface area contributed by atoms with Gasteiger partial charge in [-0.05, 0) is 68.5 Å². The molecule has 0 aromatic heterocycles. The molecule has 0 aliphatic heterocycles. The van der Waals surface area contributed by atoms with Crippen molar-refractivity contribution < 1.29 is 14.3 Å². The van der Waals surface area contributed by atoms with Gasteiger partial charge in [0.05, 0.1) is 13.2 Å². The van der Waals surface area contributed by atoms with Crippen molar-refractivity contribution in [3.8, 4) is 0 Å². The van der Waals surface area contributed by atoms with Crippen LogP contribution in [-0.4, -0.2) is 18.7 Å².